The summed E-state index contributed by atoms with van der Waals surface area (Å²) in [7, 11) is -2.29. The number of carbonyl (C=O) groups excluding carboxylic acids is 1. The zero-order chi connectivity index (χ0) is 24.4. The molecule has 0 aliphatic carbocycles. The van der Waals surface area contributed by atoms with Crippen LogP contribution < -0.4 is 14.4 Å². The average molecular weight is 489 g/mol. The summed E-state index contributed by atoms with van der Waals surface area (Å²) in [6.45, 7) is 2.40. The summed E-state index contributed by atoms with van der Waals surface area (Å²) in [5.41, 5.74) is -1.46. The van der Waals surface area contributed by atoms with Gasteiger partial charge in [-0.1, -0.05) is 6.92 Å². The van der Waals surface area contributed by atoms with Crippen LogP contribution in [0.4, 0.5) is 23.2 Å². The number of piperazine rings is 1. The van der Waals surface area contributed by atoms with Gasteiger partial charge in [0, 0.05) is 32.7 Å². The molecule has 0 atom stereocenters. The molecular weight excluding hydrogens is 466 g/mol. The number of hydrogen-bond donors (Lipinski definition) is 1. The van der Waals surface area contributed by atoms with Crippen LogP contribution in [0.1, 0.15) is 22.8 Å². The van der Waals surface area contributed by atoms with Crippen molar-refractivity contribution in [2.45, 2.75) is 18.0 Å². The minimum absolute atomic E-state index is 0.0354. The molecule has 1 amide bonds. The summed E-state index contributed by atoms with van der Waals surface area (Å²) in [6.07, 6.45) is -4.80. The van der Waals surface area contributed by atoms with Crippen molar-refractivity contribution in [3.63, 3.8) is 0 Å². The maximum atomic E-state index is 13.6. The Morgan fingerprint density at radius 3 is 2.33 bits per heavy atom. The summed E-state index contributed by atoms with van der Waals surface area (Å²) in [4.78, 5) is 15.8. The second-order valence-corrected chi connectivity index (χ2v) is 9.07. The number of halogens is 4. The number of anilines is 1. The SMILES string of the molecule is CCNS(=O)(=O)c1ccc(OC)c(N2CCN(C(=O)c3cc(F)ccc3C(F)(F)F)CC2)c1. The monoisotopic (exact) mass is 489 g/mol. The van der Waals surface area contributed by atoms with Gasteiger partial charge in [0.05, 0.1) is 28.8 Å². The van der Waals surface area contributed by atoms with Crippen LogP contribution in [0, 0.1) is 5.82 Å². The van der Waals surface area contributed by atoms with E-state index in [-0.39, 0.29) is 37.6 Å². The van der Waals surface area contributed by atoms with E-state index in [1.807, 2.05) is 0 Å². The van der Waals surface area contributed by atoms with Crippen molar-refractivity contribution in [3.05, 3.63) is 53.3 Å². The van der Waals surface area contributed by atoms with Gasteiger partial charge in [-0.15, -0.1) is 0 Å². The number of benzene rings is 2. The lowest BCUT2D eigenvalue weighted by molar-refractivity contribution is -0.138. The maximum absolute atomic E-state index is 13.6. The van der Waals surface area contributed by atoms with E-state index in [1.54, 1.807) is 11.8 Å². The van der Waals surface area contributed by atoms with Crippen LogP contribution in [0.25, 0.3) is 0 Å². The molecule has 2 aromatic rings. The molecule has 1 fully saturated rings. The Kier molecular flexibility index (Phi) is 7.17. The first-order valence-corrected chi connectivity index (χ1v) is 11.5. The van der Waals surface area contributed by atoms with Gasteiger partial charge in [0.1, 0.15) is 11.6 Å². The Bertz CT molecular complexity index is 1130. The van der Waals surface area contributed by atoms with Crippen LogP contribution in [0.15, 0.2) is 41.3 Å². The normalized spacial score (nSPS) is 15.0. The van der Waals surface area contributed by atoms with Crippen LogP contribution in [0.2, 0.25) is 0 Å². The molecule has 33 heavy (non-hydrogen) atoms. The van der Waals surface area contributed by atoms with E-state index in [1.165, 1.54) is 30.2 Å². The molecule has 0 unspecified atom stereocenters. The molecule has 0 bridgehead atoms. The third-order valence-corrected chi connectivity index (χ3v) is 6.76. The second kappa shape index (κ2) is 9.56. The van der Waals surface area contributed by atoms with Crippen LogP contribution >= 0.6 is 0 Å². The van der Waals surface area contributed by atoms with Gasteiger partial charge in [-0.2, -0.15) is 13.2 Å². The average Bonchev–Trinajstić information content (AvgIpc) is 2.77. The highest BCUT2D eigenvalue weighted by atomic mass is 32.2. The van der Waals surface area contributed by atoms with Gasteiger partial charge in [0.25, 0.3) is 5.91 Å². The highest BCUT2D eigenvalue weighted by molar-refractivity contribution is 7.89. The van der Waals surface area contributed by atoms with Crippen molar-refractivity contribution in [1.29, 1.82) is 0 Å². The molecule has 1 N–H and O–H groups in total. The third-order valence-electron chi connectivity index (χ3n) is 5.22. The number of rotatable bonds is 6. The van der Waals surface area contributed by atoms with Crippen LogP contribution in [0.3, 0.4) is 0 Å². The number of methoxy groups -OCH3 is 1. The van der Waals surface area contributed by atoms with Crippen molar-refractivity contribution in [2.75, 3.05) is 44.7 Å². The van der Waals surface area contributed by atoms with Crippen LogP contribution in [-0.4, -0.2) is 59.1 Å². The molecule has 180 valence electrons. The van der Waals surface area contributed by atoms with E-state index in [2.05, 4.69) is 4.72 Å². The van der Waals surface area contributed by atoms with E-state index in [4.69, 9.17) is 4.74 Å². The van der Waals surface area contributed by atoms with Crippen molar-refractivity contribution < 1.29 is 35.5 Å². The van der Waals surface area contributed by atoms with Crippen molar-refractivity contribution in [1.82, 2.24) is 9.62 Å². The lowest BCUT2D eigenvalue weighted by Gasteiger charge is -2.37. The molecular formula is C21H23F4N3O4S. The molecule has 1 saturated heterocycles. The molecule has 3 rings (SSSR count). The Morgan fingerprint density at radius 1 is 1.09 bits per heavy atom. The molecule has 12 heteroatoms. The Labute approximate surface area is 189 Å². The van der Waals surface area contributed by atoms with Gasteiger partial charge in [0.2, 0.25) is 10.0 Å². The second-order valence-electron chi connectivity index (χ2n) is 7.30. The minimum atomic E-state index is -4.80. The van der Waals surface area contributed by atoms with Gasteiger partial charge in [-0.3, -0.25) is 4.79 Å². The molecule has 1 aliphatic rings. The smallest absolute Gasteiger partial charge is 0.417 e. The van der Waals surface area contributed by atoms with Gasteiger partial charge in [-0.25, -0.2) is 17.5 Å². The van der Waals surface area contributed by atoms with Crippen molar-refractivity contribution in [2.24, 2.45) is 0 Å². The predicted octanol–water partition coefficient (Wildman–Crippen LogP) is 3.11. The van der Waals surface area contributed by atoms with E-state index in [9.17, 15) is 30.8 Å². The topological polar surface area (TPSA) is 79.0 Å². The van der Waals surface area contributed by atoms with E-state index in [0.29, 0.717) is 29.6 Å². The summed E-state index contributed by atoms with van der Waals surface area (Å²) < 4.78 is 85.9. The number of nitrogens with zero attached hydrogens (tertiary/aromatic N) is 2. The number of alkyl halides is 3. The lowest BCUT2D eigenvalue weighted by atomic mass is 10.0. The van der Waals surface area contributed by atoms with E-state index < -0.39 is 39.1 Å². The number of amides is 1. The molecule has 7 nitrogen and oxygen atoms in total. The van der Waals surface area contributed by atoms with Gasteiger partial charge < -0.3 is 14.5 Å². The number of nitrogens with one attached hydrogen (secondary N) is 1. The zero-order valence-electron chi connectivity index (χ0n) is 17.9. The molecule has 0 radical (unpaired) electrons. The standard InChI is InChI=1S/C21H23F4N3O4S/c1-3-26-33(30,31)15-5-7-19(32-2)18(13-15)27-8-10-28(11-9-27)20(29)16-12-14(22)4-6-17(16)21(23,24)25/h4-7,12-13,26H,3,8-11H2,1-2H3. The van der Waals surface area contributed by atoms with Gasteiger partial charge in [0.15, 0.2) is 0 Å². The van der Waals surface area contributed by atoms with Crippen molar-refractivity contribution in [3.8, 4) is 5.75 Å². The summed E-state index contributed by atoms with van der Waals surface area (Å²) in [5.74, 6) is -1.44. The minimum Gasteiger partial charge on any atom is -0.495 e. The summed E-state index contributed by atoms with van der Waals surface area (Å²) >= 11 is 0. The molecule has 2 aromatic carbocycles. The fourth-order valence-electron chi connectivity index (χ4n) is 3.62. The Morgan fingerprint density at radius 2 is 1.76 bits per heavy atom. The van der Waals surface area contributed by atoms with Gasteiger partial charge >= 0.3 is 6.18 Å². The highest BCUT2D eigenvalue weighted by Gasteiger charge is 2.37. The van der Waals surface area contributed by atoms with Crippen molar-refractivity contribution >= 4 is 21.6 Å². The number of carbonyl (C=O) groups is 1. The highest BCUT2D eigenvalue weighted by Crippen LogP contribution is 2.34. The quantitative estimate of drug-likeness (QED) is 0.631. The Balaban J connectivity index is 1.82. The molecule has 1 heterocycles. The van der Waals surface area contributed by atoms with Crippen LogP contribution in [-0.2, 0) is 16.2 Å². The molecule has 0 aromatic heterocycles. The maximum Gasteiger partial charge on any atom is 0.417 e. The lowest BCUT2D eigenvalue weighted by Crippen LogP contribution is -2.49. The predicted molar refractivity (Wildman–Crippen MR) is 113 cm³/mol. The summed E-state index contributed by atoms with van der Waals surface area (Å²) in [5, 5.41) is 0. The largest absolute Gasteiger partial charge is 0.495 e. The first kappa shape index (κ1) is 24.8. The molecule has 1 aliphatic heterocycles. The fourth-order valence-corrected chi connectivity index (χ4v) is 4.68. The number of hydrogen-bond acceptors (Lipinski definition) is 5. The molecule has 0 saturated carbocycles. The van der Waals surface area contributed by atoms with E-state index in [0.717, 1.165) is 0 Å². The Hall–Kier alpha value is -2.86. The third kappa shape index (κ3) is 5.38. The van der Waals surface area contributed by atoms with Gasteiger partial charge in [-0.05, 0) is 36.4 Å². The number of sulfonamides is 1. The number of ether oxygens (including phenoxy) is 1. The first-order chi connectivity index (χ1) is 15.5. The zero-order valence-corrected chi connectivity index (χ0v) is 18.8. The van der Waals surface area contributed by atoms with E-state index >= 15 is 0 Å². The first-order valence-electron chi connectivity index (χ1n) is 10.1. The van der Waals surface area contributed by atoms with Crippen LogP contribution in [0.5, 0.6) is 5.75 Å². The summed E-state index contributed by atoms with van der Waals surface area (Å²) in [6, 6.07) is 6.18. The molecule has 0 spiro atoms. The fraction of sp³-hybridized carbons (Fsp3) is 0.381.